The molecule has 2 heterocycles. The van der Waals surface area contributed by atoms with Crippen LogP contribution in [-0.4, -0.2) is 36.7 Å². The van der Waals surface area contributed by atoms with E-state index in [2.05, 4.69) is 12.2 Å². The smallest absolute Gasteiger partial charge is 0.409 e. The van der Waals surface area contributed by atoms with Crippen LogP contribution in [0.15, 0.2) is 16.8 Å². The van der Waals surface area contributed by atoms with Gasteiger partial charge < -0.3 is 15.0 Å². The summed E-state index contributed by atoms with van der Waals surface area (Å²) in [6.07, 6.45) is -0.248. The van der Waals surface area contributed by atoms with Crippen LogP contribution >= 0.6 is 11.3 Å². The number of nitrogens with one attached hydrogen (secondary N) is 1. The molecular formula is C10H14N2O2S. The third kappa shape index (κ3) is 2.70. The zero-order valence-corrected chi connectivity index (χ0v) is 9.42. The van der Waals surface area contributed by atoms with Crippen molar-refractivity contribution >= 4 is 17.4 Å². The maximum absolute atomic E-state index is 11.7. The number of thiophene rings is 1. The van der Waals surface area contributed by atoms with Crippen molar-refractivity contribution in [2.24, 2.45) is 0 Å². The highest BCUT2D eigenvalue weighted by Crippen LogP contribution is 2.16. The lowest BCUT2D eigenvalue weighted by atomic mass is 10.2. The first kappa shape index (κ1) is 10.4. The van der Waals surface area contributed by atoms with Gasteiger partial charge in [0.1, 0.15) is 5.75 Å². The van der Waals surface area contributed by atoms with Crippen LogP contribution in [0.2, 0.25) is 0 Å². The quantitative estimate of drug-likeness (QED) is 0.789. The van der Waals surface area contributed by atoms with Crippen LogP contribution in [0.1, 0.15) is 6.92 Å². The summed E-state index contributed by atoms with van der Waals surface area (Å²) < 4.78 is 5.21. The molecule has 1 atom stereocenters. The van der Waals surface area contributed by atoms with Gasteiger partial charge in [0.2, 0.25) is 0 Å². The van der Waals surface area contributed by atoms with E-state index >= 15 is 0 Å². The molecule has 82 valence electrons. The molecule has 15 heavy (non-hydrogen) atoms. The van der Waals surface area contributed by atoms with E-state index in [0.29, 0.717) is 24.9 Å². The average molecular weight is 226 g/mol. The predicted molar refractivity (Wildman–Crippen MR) is 59.4 cm³/mol. The molecule has 0 radical (unpaired) electrons. The second kappa shape index (κ2) is 4.63. The number of amides is 1. The fourth-order valence-corrected chi connectivity index (χ4v) is 2.13. The van der Waals surface area contributed by atoms with Crippen LogP contribution in [0.4, 0.5) is 4.79 Å². The molecule has 1 N–H and O–H groups in total. The molecule has 0 saturated carbocycles. The molecule has 1 aliphatic heterocycles. The van der Waals surface area contributed by atoms with Crippen molar-refractivity contribution in [1.29, 1.82) is 0 Å². The van der Waals surface area contributed by atoms with E-state index in [1.807, 2.05) is 10.8 Å². The largest absolute Gasteiger partial charge is 0.415 e. The van der Waals surface area contributed by atoms with Crippen molar-refractivity contribution in [3.8, 4) is 5.75 Å². The maximum Gasteiger partial charge on any atom is 0.415 e. The van der Waals surface area contributed by atoms with Crippen molar-refractivity contribution in [2.45, 2.75) is 13.0 Å². The standard InChI is InChI=1S/C10H14N2O2S/c1-8-6-12(4-3-11-8)10(13)14-9-2-5-15-7-9/h2,5,7-8,11H,3-4,6H2,1H3. The monoisotopic (exact) mass is 226 g/mol. The van der Waals surface area contributed by atoms with Crippen molar-refractivity contribution < 1.29 is 9.53 Å². The summed E-state index contributed by atoms with van der Waals surface area (Å²) in [5, 5.41) is 6.99. The number of carbonyl (C=O) groups is 1. The molecule has 1 aromatic rings. The summed E-state index contributed by atoms with van der Waals surface area (Å²) in [6.45, 7) is 4.32. The van der Waals surface area contributed by atoms with Crippen molar-refractivity contribution in [2.75, 3.05) is 19.6 Å². The first-order chi connectivity index (χ1) is 7.25. The van der Waals surface area contributed by atoms with Gasteiger partial charge in [-0.05, 0) is 18.4 Å². The summed E-state index contributed by atoms with van der Waals surface area (Å²) in [5.74, 6) is 0.635. The number of hydrogen-bond donors (Lipinski definition) is 1. The topological polar surface area (TPSA) is 41.6 Å². The highest BCUT2D eigenvalue weighted by molar-refractivity contribution is 7.08. The zero-order chi connectivity index (χ0) is 10.7. The van der Waals surface area contributed by atoms with Crippen molar-refractivity contribution in [3.63, 3.8) is 0 Å². The van der Waals surface area contributed by atoms with E-state index in [1.165, 1.54) is 11.3 Å². The molecule has 5 heteroatoms. The van der Waals surface area contributed by atoms with Gasteiger partial charge in [-0.15, -0.1) is 11.3 Å². The Morgan fingerprint density at radius 2 is 2.60 bits per heavy atom. The van der Waals surface area contributed by atoms with Gasteiger partial charge in [-0.1, -0.05) is 0 Å². The van der Waals surface area contributed by atoms with Gasteiger partial charge in [-0.3, -0.25) is 0 Å². The molecule has 1 amide bonds. The van der Waals surface area contributed by atoms with E-state index in [0.717, 1.165) is 6.54 Å². The number of ether oxygens (including phenoxy) is 1. The third-order valence-corrected chi connectivity index (χ3v) is 2.99. The molecule has 0 aromatic carbocycles. The van der Waals surface area contributed by atoms with Crippen LogP contribution in [-0.2, 0) is 0 Å². The minimum absolute atomic E-state index is 0.248. The van der Waals surface area contributed by atoms with Crippen LogP contribution in [0.25, 0.3) is 0 Å². The summed E-state index contributed by atoms with van der Waals surface area (Å²) in [7, 11) is 0. The lowest BCUT2D eigenvalue weighted by molar-refractivity contribution is 0.137. The van der Waals surface area contributed by atoms with E-state index in [1.54, 1.807) is 11.0 Å². The summed E-state index contributed by atoms with van der Waals surface area (Å²) in [5.41, 5.74) is 0. The summed E-state index contributed by atoms with van der Waals surface area (Å²) in [6, 6.07) is 2.14. The highest BCUT2D eigenvalue weighted by Gasteiger charge is 2.21. The second-order valence-electron chi connectivity index (χ2n) is 3.63. The molecule has 1 saturated heterocycles. The fraction of sp³-hybridized carbons (Fsp3) is 0.500. The predicted octanol–water partition coefficient (Wildman–Crippen LogP) is 1.54. The van der Waals surface area contributed by atoms with Gasteiger partial charge in [0.15, 0.2) is 0 Å². The molecule has 0 bridgehead atoms. The van der Waals surface area contributed by atoms with Crippen molar-refractivity contribution in [3.05, 3.63) is 16.8 Å². The first-order valence-corrected chi connectivity index (χ1v) is 5.92. The van der Waals surface area contributed by atoms with E-state index < -0.39 is 0 Å². The zero-order valence-electron chi connectivity index (χ0n) is 8.60. The molecule has 1 aromatic heterocycles. The van der Waals surface area contributed by atoms with E-state index in [4.69, 9.17) is 4.74 Å². The van der Waals surface area contributed by atoms with Gasteiger partial charge in [0.25, 0.3) is 0 Å². The fourth-order valence-electron chi connectivity index (χ4n) is 1.57. The van der Waals surface area contributed by atoms with E-state index in [9.17, 15) is 4.79 Å². The van der Waals surface area contributed by atoms with Gasteiger partial charge >= 0.3 is 6.09 Å². The third-order valence-electron chi connectivity index (χ3n) is 2.33. The maximum atomic E-state index is 11.7. The lowest BCUT2D eigenvalue weighted by Gasteiger charge is -2.30. The second-order valence-corrected chi connectivity index (χ2v) is 4.41. The minimum Gasteiger partial charge on any atom is -0.409 e. The van der Waals surface area contributed by atoms with Crippen LogP contribution in [0, 0.1) is 0 Å². The van der Waals surface area contributed by atoms with Gasteiger partial charge in [0, 0.05) is 31.1 Å². The van der Waals surface area contributed by atoms with Gasteiger partial charge in [0.05, 0.1) is 0 Å². The number of nitrogens with zero attached hydrogens (tertiary/aromatic N) is 1. The minimum atomic E-state index is -0.248. The van der Waals surface area contributed by atoms with Crippen LogP contribution < -0.4 is 10.1 Å². The number of piperazine rings is 1. The van der Waals surface area contributed by atoms with Crippen LogP contribution in [0.3, 0.4) is 0 Å². The average Bonchev–Trinajstić information content (AvgIpc) is 2.70. The Labute approximate surface area is 92.8 Å². The first-order valence-electron chi connectivity index (χ1n) is 4.98. The van der Waals surface area contributed by atoms with Crippen molar-refractivity contribution in [1.82, 2.24) is 10.2 Å². The van der Waals surface area contributed by atoms with Gasteiger partial charge in [-0.2, -0.15) is 0 Å². The number of rotatable bonds is 1. The molecule has 1 aliphatic rings. The molecule has 0 spiro atoms. The highest BCUT2D eigenvalue weighted by atomic mass is 32.1. The molecule has 1 unspecified atom stereocenters. The Kier molecular flexibility index (Phi) is 3.23. The Morgan fingerprint density at radius 1 is 1.73 bits per heavy atom. The van der Waals surface area contributed by atoms with Crippen LogP contribution in [0.5, 0.6) is 5.75 Å². The Bertz CT molecular complexity index is 326. The Hall–Kier alpha value is -1.07. The molecule has 1 fully saturated rings. The summed E-state index contributed by atoms with van der Waals surface area (Å²) in [4.78, 5) is 13.4. The SMILES string of the molecule is CC1CN(C(=O)Oc2ccsc2)CCN1. The Morgan fingerprint density at radius 3 is 3.27 bits per heavy atom. The molecule has 0 aliphatic carbocycles. The Balaban J connectivity index is 1.90. The number of hydrogen-bond acceptors (Lipinski definition) is 4. The molecule has 4 nitrogen and oxygen atoms in total. The normalized spacial score (nSPS) is 21.4. The number of carbonyl (C=O) groups excluding carboxylic acids is 1. The van der Waals surface area contributed by atoms with E-state index in [-0.39, 0.29) is 6.09 Å². The summed E-state index contributed by atoms with van der Waals surface area (Å²) >= 11 is 1.52. The molecular weight excluding hydrogens is 212 g/mol. The lowest BCUT2D eigenvalue weighted by Crippen LogP contribution is -2.52. The van der Waals surface area contributed by atoms with Gasteiger partial charge in [-0.25, -0.2) is 4.79 Å². The molecule has 2 rings (SSSR count).